The Balaban J connectivity index is 0.00000243. The highest BCUT2D eigenvalue weighted by molar-refractivity contribution is 5.85. The van der Waals surface area contributed by atoms with Crippen LogP contribution in [-0.4, -0.2) is 60.0 Å². The van der Waals surface area contributed by atoms with Crippen LogP contribution in [0.2, 0.25) is 0 Å². The lowest BCUT2D eigenvalue weighted by atomic mass is 10.0. The molecular weight excluding hydrogens is 373 g/mol. The van der Waals surface area contributed by atoms with Crippen molar-refractivity contribution < 1.29 is 22.8 Å². The number of rotatable bonds is 4. The second kappa shape index (κ2) is 8.13. The maximum absolute atomic E-state index is 13.7. The molecule has 26 heavy (non-hydrogen) atoms. The minimum atomic E-state index is -1.26. The Morgan fingerprint density at radius 3 is 2.65 bits per heavy atom. The van der Waals surface area contributed by atoms with Crippen molar-refractivity contribution in [3.05, 3.63) is 35.1 Å². The zero-order valence-corrected chi connectivity index (χ0v) is 14.7. The van der Waals surface area contributed by atoms with Crippen LogP contribution in [0.1, 0.15) is 12.0 Å². The molecule has 2 aliphatic heterocycles. The molecule has 2 atom stereocenters. The van der Waals surface area contributed by atoms with Crippen molar-refractivity contribution in [2.24, 2.45) is 5.73 Å². The summed E-state index contributed by atoms with van der Waals surface area (Å²) in [4.78, 5) is 27.2. The van der Waals surface area contributed by atoms with Crippen molar-refractivity contribution in [2.75, 3.05) is 26.2 Å². The van der Waals surface area contributed by atoms with Crippen molar-refractivity contribution >= 4 is 24.3 Å². The number of amides is 3. The Bertz CT molecular complexity index is 706. The average molecular weight is 393 g/mol. The minimum Gasteiger partial charge on any atom is -0.339 e. The summed E-state index contributed by atoms with van der Waals surface area (Å²) in [5.41, 5.74) is 5.83. The molecule has 6 nitrogen and oxygen atoms in total. The second-order valence-corrected chi connectivity index (χ2v) is 6.40. The molecule has 2 fully saturated rings. The van der Waals surface area contributed by atoms with Gasteiger partial charge in [0.2, 0.25) is 5.91 Å². The number of carbonyl (C=O) groups excluding carboxylic acids is 2. The van der Waals surface area contributed by atoms with E-state index in [1.165, 1.54) is 0 Å². The molecule has 1 aromatic carbocycles. The van der Waals surface area contributed by atoms with Gasteiger partial charge in [-0.1, -0.05) is 0 Å². The first-order valence-corrected chi connectivity index (χ1v) is 8.06. The lowest BCUT2D eigenvalue weighted by molar-refractivity contribution is -0.133. The first-order valence-electron chi connectivity index (χ1n) is 8.06. The van der Waals surface area contributed by atoms with E-state index in [1.807, 2.05) is 0 Å². The average Bonchev–Trinajstić information content (AvgIpc) is 2.93. The van der Waals surface area contributed by atoms with E-state index in [0.717, 1.165) is 6.07 Å². The fourth-order valence-electron chi connectivity index (χ4n) is 3.26. The number of carbonyl (C=O) groups is 2. The number of benzene rings is 1. The van der Waals surface area contributed by atoms with Crippen molar-refractivity contribution in [2.45, 2.75) is 24.9 Å². The van der Waals surface area contributed by atoms with Gasteiger partial charge in [-0.25, -0.2) is 18.0 Å². The third-order valence-corrected chi connectivity index (χ3v) is 4.59. The number of nitrogens with zero attached hydrogens (tertiary/aromatic N) is 2. The predicted octanol–water partition coefficient (Wildman–Crippen LogP) is 1.02. The molecule has 3 amide bonds. The summed E-state index contributed by atoms with van der Waals surface area (Å²) in [6.07, 6.45) is -0.106. The normalized spacial score (nSPS) is 20.3. The standard InChI is InChI=1S/C16H19F3N4O2.ClH/c17-12-6-14(19)13(18)4-9(12)3-10(20)5-15(24)22-1-2-23-11(8-22)7-21-16(23)25;/h4,6,10-11H,1-3,5,7-8,20H2,(H,21,25);1H/t10-,11?;/m1./s1. The maximum Gasteiger partial charge on any atom is 0.317 e. The third kappa shape index (κ3) is 4.21. The van der Waals surface area contributed by atoms with E-state index >= 15 is 0 Å². The molecule has 3 N–H and O–H groups in total. The van der Waals surface area contributed by atoms with E-state index in [0.29, 0.717) is 32.2 Å². The molecule has 0 aliphatic carbocycles. The zero-order valence-electron chi connectivity index (χ0n) is 13.9. The Morgan fingerprint density at radius 2 is 1.92 bits per heavy atom. The Labute approximate surface area is 154 Å². The van der Waals surface area contributed by atoms with Gasteiger partial charge in [-0.15, -0.1) is 12.4 Å². The smallest absolute Gasteiger partial charge is 0.317 e. The van der Waals surface area contributed by atoms with E-state index in [9.17, 15) is 22.8 Å². The molecule has 0 bridgehead atoms. The number of nitrogens with one attached hydrogen (secondary N) is 1. The third-order valence-electron chi connectivity index (χ3n) is 4.59. The van der Waals surface area contributed by atoms with Gasteiger partial charge < -0.3 is 20.9 Å². The minimum absolute atomic E-state index is 0. The van der Waals surface area contributed by atoms with E-state index in [4.69, 9.17) is 5.73 Å². The summed E-state index contributed by atoms with van der Waals surface area (Å²) in [6.45, 7) is 1.78. The van der Waals surface area contributed by atoms with Crippen LogP contribution in [0, 0.1) is 17.5 Å². The van der Waals surface area contributed by atoms with Crippen molar-refractivity contribution in [3.8, 4) is 0 Å². The fourth-order valence-corrected chi connectivity index (χ4v) is 3.26. The highest BCUT2D eigenvalue weighted by atomic mass is 35.5. The number of piperazine rings is 1. The van der Waals surface area contributed by atoms with Crippen LogP contribution in [0.5, 0.6) is 0 Å². The molecule has 144 valence electrons. The summed E-state index contributed by atoms with van der Waals surface area (Å²) < 4.78 is 39.8. The van der Waals surface area contributed by atoms with Gasteiger partial charge in [0.1, 0.15) is 5.82 Å². The first-order chi connectivity index (χ1) is 11.8. The van der Waals surface area contributed by atoms with Gasteiger partial charge in [-0.3, -0.25) is 4.79 Å². The van der Waals surface area contributed by atoms with Gasteiger partial charge in [0.05, 0.1) is 6.04 Å². The molecular formula is C16H20ClF3N4O2. The Hall–Kier alpha value is -2.00. The molecule has 0 radical (unpaired) electrons. The number of urea groups is 1. The summed E-state index contributed by atoms with van der Waals surface area (Å²) in [5, 5.41) is 2.73. The number of halogens is 4. The van der Waals surface area contributed by atoms with E-state index in [1.54, 1.807) is 9.80 Å². The van der Waals surface area contributed by atoms with Crippen LogP contribution in [0.15, 0.2) is 12.1 Å². The monoisotopic (exact) mass is 392 g/mol. The molecule has 0 saturated carbocycles. The van der Waals surface area contributed by atoms with Gasteiger partial charge in [0, 0.05) is 44.7 Å². The Morgan fingerprint density at radius 1 is 1.23 bits per heavy atom. The van der Waals surface area contributed by atoms with Gasteiger partial charge >= 0.3 is 6.03 Å². The van der Waals surface area contributed by atoms with Crippen molar-refractivity contribution in [1.29, 1.82) is 0 Å². The molecule has 3 rings (SSSR count). The number of nitrogens with two attached hydrogens (primary N) is 1. The SMILES string of the molecule is Cl.N[C@@H](CC(=O)N1CCN2C(=O)NCC2C1)Cc1cc(F)c(F)cc1F. The number of hydrogen-bond donors (Lipinski definition) is 2. The molecule has 2 heterocycles. The van der Waals surface area contributed by atoms with E-state index in [2.05, 4.69) is 5.32 Å². The molecule has 2 saturated heterocycles. The lowest BCUT2D eigenvalue weighted by Gasteiger charge is -2.36. The highest BCUT2D eigenvalue weighted by Gasteiger charge is 2.36. The summed E-state index contributed by atoms with van der Waals surface area (Å²) in [5.74, 6) is -3.49. The van der Waals surface area contributed by atoms with Crippen LogP contribution in [-0.2, 0) is 11.2 Å². The summed E-state index contributed by atoms with van der Waals surface area (Å²) >= 11 is 0. The van der Waals surface area contributed by atoms with Crippen molar-refractivity contribution in [1.82, 2.24) is 15.1 Å². The molecule has 1 aromatic rings. The van der Waals surface area contributed by atoms with Crippen LogP contribution < -0.4 is 11.1 Å². The molecule has 0 spiro atoms. The van der Waals surface area contributed by atoms with Crippen LogP contribution in [0.25, 0.3) is 0 Å². The van der Waals surface area contributed by atoms with Gasteiger partial charge in [-0.05, 0) is 18.1 Å². The largest absolute Gasteiger partial charge is 0.339 e. The van der Waals surface area contributed by atoms with Crippen molar-refractivity contribution in [3.63, 3.8) is 0 Å². The quantitative estimate of drug-likeness (QED) is 0.751. The molecule has 10 heteroatoms. The number of hydrogen-bond acceptors (Lipinski definition) is 3. The van der Waals surface area contributed by atoms with Crippen LogP contribution >= 0.6 is 12.4 Å². The molecule has 1 unspecified atom stereocenters. The van der Waals surface area contributed by atoms with Crippen LogP contribution in [0.3, 0.4) is 0 Å². The maximum atomic E-state index is 13.7. The topological polar surface area (TPSA) is 78.7 Å². The Kier molecular flexibility index (Phi) is 6.35. The second-order valence-electron chi connectivity index (χ2n) is 6.40. The van der Waals surface area contributed by atoms with Gasteiger partial charge in [0.15, 0.2) is 11.6 Å². The molecule has 2 aliphatic rings. The van der Waals surface area contributed by atoms with E-state index < -0.39 is 23.5 Å². The lowest BCUT2D eigenvalue weighted by Crippen LogP contribution is -2.54. The highest BCUT2D eigenvalue weighted by Crippen LogP contribution is 2.18. The summed E-state index contributed by atoms with van der Waals surface area (Å²) in [6, 6.07) is 0.354. The predicted molar refractivity (Wildman–Crippen MR) is 90.3 cm³/mol. The fraction of sp³-hybridized carbons (Fsp3) is 0.500. The van der Waals surface area contributed by atoms with E-state index in [-0.39, 0.29) is 48.8 Å². The van der Waals surface area contributed by atoms with Gasteiger partial charge in [-0.2, -0.15) is 0 Å². The first kappa shape index (κ1) is 20.3. The summed E-state index contributed by atoms with van der Waals surface area (Å²) in [7, 11) is 0. The number of fused-ring (bicyclic) bond motifs is 1. The zero-order chi connectivity index (χ0) is 18.1. The molecule has 0 aromatic heterocycles. The van der Waals surface area contributed by atoms with Gasteiger partial charge in [0.25, 0.3) is 0 Å². The van der Waals surface area contributed by atoms with Crippen LogP contribution in [0.4, 0.5) is 18.0 Å².